The van der Waals surface area contributed by atoms with Gasteiger partial charge in [0.05, 0.1) is 6.61 Å². The van der Waals surface area contributed by atoms with Gasteiger partial charge in [-0.05, 0) is 56.7 Å². The minimum atomic E-state index is -0.907. The number of aryl methyl sites for hydroxylation is 1. The van der Waals surface area contributed by atoms with Crippen molar-refractivity contribution in [3.8, 4) is 16.9 Å². The first-order valence-corrected chi connectivity index (χ1v) is 8.38. The van der Waals surface area contributed by atoms with Crippen LogP contribution in [0.4, 0.5) is 8.78 Å². The third-order valence-corrected chi connectivity index (χ3v) is 4.63. The lowest BCUT2D eigenvalue weighted by Crippen LogP contribution is -2.15. The highest BCUT2D eigenvalue weighted by atomic mass is 19.2. The third kappa shape index (κ3) is 3.66. The first kappa shape index (κ1) is 16.7. The van der Waals surface area contributed by atoms with Crippen molar-refractivity contribution < 1.29 is 13.5 Å². The van der Waals surface area contributed by atoms with Crippen molar-refractivity contribution in [3.05, 3.63) is 65.2 Å². The number of benzene rings is 2. The van der Waals surface area contributed by atoms with Crippen molar-refractivity contribution in [1.29, 1.82) is 0 Å². The van der Waals surface area contributed by atoms with Gasteiger partial charge in [0.2, 0.25) is 5.82 Å². The Balaban J connectivity index is 1.74. The van der Waals surface area contributed by atoms with Crippen molar-refractivity contribution >= 4 is 0 Å². The molecule has 1 aliphatic carbocycles. The van der Waals surface area contributed by atoms with Gasteiger partial charge in [-0.15, -0.1) is 0 Å². The topological polar surface area (TPSA) is 9.23 Å². The van der Waals surface area contributed by atoms with Gasteiger partial charge in [-0.1, -0.05) is 41.5 Å². The summed E-state index contributed by atoms with van der Waals surface area (Å²) in [5.74, 6) is -1.39. The molecule has 1 unspecified atom stereocenters. The van der Waals surface area contributed by atoms with Crippen LogP contribution in [0.2, 0.25) is 0 Å². The van der Waals surface area contributed by atoms with Gasteiger partial charge in [0.25, 0.3) is 0 Å². The Hall–Kier alpha value is -2.16. The number of hydrogen-bond donors (Lipinski definition) is 0. The lowest BCUT2D eigenvalue weighted by Gasteiger charge is -2.21. The van der Waals surface area contributed by atoms with Crippen LogP contribution in [0.1, 0.15) is 31.7 Å². The second-order valence-electron chi connectivity index (χ2n) is 6.61. The highest BCUT2D eigenvalue weighted by Crippen LogP contribution is 2.31. The van der Waals surface area contributed by atoms with E-state index in [-0.39, 0.29) is 11.3 Å². The summed E-state index contributed by atoms with van der Waals surface area (Å²) in [6, 6.07) is 10.5. The molecule has 2 aromatic rings. The molecule has 0 saturated heterocycles. The van der Waals surface area contributed by atoms with Crippen LogP contribution in [0, 0.1) is 24.5 Å². The lowest BCUT2D eigenvalue weighted by molar-refractivity contribution is 0.226. The van der Waals surface area contributed by atoms with E-state index in [2.05, 4.69) is 13.0 Å². The van der Waals surface area contributed by atoms with Gasteiger partial charge in [-0.25, -0.2) is 4.39 Å². The third-order valence-electron chi connectivity index (χ3n) is 4.63. The fourth-order valence-corrected chi connectivity index (χ4v) is 2.98. The molecule has 3 heteroatoms. The van der Waals surface area contributed by atoms with E-state index in [1.54, 1.807) is 18.2 Å². The Morgan fingerprint density at radius 2 is 1.75 bits per heavy atom. The lowest BCUT2D eigenvalue weighted by atomic mass is 9.91. The van der Waals surface area contributed by atoms with E-state index in [0.29, 0.717) is 18.1 Å². The zero-order chi connectivity index (χ0) is 17.1. The maximum absolute atomic E-state index is 14.4. The summed E-state index contributed by atoms with van der Waals surface area (Å²) in [5.41, 5.74) is 3.40. The van der Waals surface area contributed by atoms with Gasteiger partial charge in [0.1, 0.15) is 0 Å². The molecule has 126 valence electrons. The van der Waals surface area contributed by atoms with Crippen molar-refractivity contribution in [2.24, 2.45) is 5.92 Å². The molecule has 2 aromatic carbocycles. The van der Waals surface area contributed by atoms with Gasteiger partial charge in [-0.3, -0.25) is 0 Å². The van der Waals surface area contributed by atoms with Crippen LogP contribution in [0.3, 0.4) is 0 Å². The Kier molecular flexibility index (Phi) is 4.98. The van der Waals surface area contributed by atoms with Crippen molar-refractivity contribution in [1.82, 2.24) is 0 Å². The van der Waals surface area contributed by atoms with Crippen molar-refractivity contribution in [3.63, 3.8) is 0 Å². The zero-order valence-corrected chi connectivity index (χ0v) is 14.1. The van der Waals surface area contributed by atoms with E-state index < -0.39 is 11.6 Å². The molecule has 0 amide bonds. The number of rotatable bonds is 4. The zero-order valence-electron chi connectivity index (χ0n) is 14.1. The highest BCUT2D eigenvalue weighted by Gasteiger charge is 2.18. The van der Waals surface area contributed by atoms with E-state index in [0.717, 1.165) is 24.8 Å². The predicted molar refractivity (Wildman–Crippen MR) is 93.1 cm³/mol. The van der Waals surface area contributed by atoms with Crippen LogP contribution in [-0.4, -0.2) is 6.61 Å². The molecule has 0 radical (unpaired) electrons. The smallest absolute Gasteiger partial charge is 0.201 e. The van der Waals surface area contributed by atoms with Crippen molar-refractivity contribution in [2.75, 3.05) is 6.61 Å². The number of allylic oxidation sites excluding steroid dienone is 2. The Labute approximate surface area is 142 Å². The molecular weight excluding hydrogens is 306 g/mol. The molecule has 24 heavy (non-hydrogen) atoms. The quantitative estimate of drug-likeness (QED) is 0.619. The summed E-state index contributed by atoms with van der Waals surface area (Å²) in [5, 5.41) is 0. The van der Waals surface area contributed by atoms with Crippen LogP contribution in [0.5, 0.6) is 5.75 Å². The van der Waals surface area contributed by atoms with Gasteiger partial charge < -0.3 is 4.74 Å². The maximum atomic E-state index is 14.4. The fourth-order valence-electron chi connectivity index (χ4n) is 2.98. The average molecular weight is 328 g/mol. The monoisotopic (exact) mass is 328 g/mol. The molecule has 0 aliphatic heterocycles. The molecule has 0 fully saturated rings. The predicted octanol–water partition coefficient (Wildman–Crippen LogP) is 6.07. The molecule has 0 N–H and O–H groups in total. The highest BCUT2D eigenvalue weighted by molar-refractivity contribution is 5.65. The normalized spacial score (nSPS) is 17.5. The molecule has 0 saturated carbocycles. The van der Waals surface area contributed by atoms with E-state index in [9.17, 15) is 8.78 Å². The van der Waals surface area contributed by atoms with Crippen molar-refractivity contribution in [2.45, 2.75) is 33.1 Å². The van der Waals surface area contributed by atoms with Gasteiger partial charge in [0, 0.05) is 5.56 Å². The molecule has 1 nitrogen and oxygen atoms in total. The summed E-state index contributed by atoms with van der Waals surface area (Å²) in [6.45, 7) is 4.50. The minimum absolute atomic E-state index is 0.00497. The SMILES string of the molecule is CC1=CCC(COc2ccc(-c3ccc(C)cc3)c(F)c2F)CC1. The summed E-state index contributed by atoms with van der Waals surface area (Å²) in [7, 11) is 0. The summed E-state index contributed by atoms with van der Waals surface area (Å²) < 4.78 is 34.3. The Morgan fingerprint density at radius 1 is 1.00 bits per heavy atom. The second kappa shape index (κ2) is 7.16. The molecule has 0 heterocycles. The van der Waals surface area contributed by atoms with Crippen LogP contribution in [0.15, 0.2) is 48.0 Å². The first-order chi connectivity index (χ1) is 11.5. The van der Waals surface area contributed by atoms with Crippen LogP contribution in [0.25, 0.3) is 11.1 Å². The largest absolute Gasteiger partial charge is 0.490 e. The van der Waals surface area contributed by atoms with E-state index >= 15 is 0 Å². The van der Waals surface area contributed by atoms with E-state index in [1.807, 2.05) is 19.1 Å². The summed E-state index contributed by atoms with van der Waals surface area (Å²) in [6.07, 6.45) is 5.23. The summed E-state index contributed by atoms with van der Waals surface area (Å²) in [4.78, 5) is 0. The Morgan fingerprint density at radius 3 is 2.42 bits per heavy atom. The molecule has 0 bridgehead atoms. The van der Waals surface area contributed by atoms with Crippen LogP contribution < -0.4 is 4.74 Å². The fraction of sp³-hybridized carbons (Fsp3) is 0.333. The molecular formula is C21H22F2O. The number of halogens is 2. The maximum Gasteiger partial charge on any atom is 0.201 e. The molecule has 1 aliphatic rings. The first-order valence-electron chi connectivity index (χ1n) is 8.38. The minimum Gasteiger partial charge on any atom is -0.490 e. The van der Waals surface area contributed by atoms with E-state index in [1.165, 1.54) is 11.6 Å². The Bertz CT molecular complexity index is 747. The van der Waals surface area contributed by atoms with Gasteiger partial charge in [0.15, 0.2) is 11.6 Å². The number of hydrogen-bond acceptors (Lipinski definition) is 1. The molecule has 0 spiro atoms. The number of ether oxygens (including phenoxy) is 1. The van der Waals surface area contributed by atoms with E-state index in [4.69, 9.17) is 4.74 Å². The average Bonchev–Trinajstić information content (AvgIpc) is 2.59. The molecule has 3 rings (SSSR count). The molecule has 0 aromatic heterocycles. The summed E-state index contributed by atoms with van der Waals surface area (Å²) >= 11 is 0. The molecule has 1 atom stereocenters. The second-order valence-corrected chi connectivity index (χ2v) is 6.61. The van der Waals surface area contributed by atoms with Gasteiger partial charge in [-0.2, -0.15) is 4.39 Å². The standard InChI is InChI=1S/C21H22F2O/c1-14-3-7-16(8-4-14)13-24-19-12-11-18(20(22)21(19)23)17-9-5-15(2)6-10-17/h3,5-6,9-12,16H,4,7-8,13H2,1-2H3. The van der Waals surface area contributed by atoms with Crippen LogP contribution >= 0.6 is 0 Å². The van der Waals surface area contributed by atoms with Crippen LogP contribution in [-0.2, 0) is 0 Å². The van der Waals surface area contributed by atoms with Gasteiger partial charge >= 0.3 is 0 Å².